The molecule has 6 nitrogen and oxygen atoms in total. The van der Waals surface area contributed by atoms with Crippen LogP contribution in [0.15, 0.2) is 60.0 Å². The molecule has 2 aliphatic rings. The molecule has 0 N–H and O–H groups in total. The minimum Gasteiger partial charge on any atom is -0.335 e. The molecule has 1 saturated heterocycles. The highest BCUT2D eigenvalue weighted by Gasteiger charge is 2.43. The molecular weight excluding hydrogens is 433 g/mol. The molecule has 1 aromatic carbocycles. The fourth-order valence-electron chi connectivity index (χ4n) is 4.72. The predicted octanol–water partition coefficient (Wildman–Crippen LogP) is 5.26. The van der Waals surface area contributed by atoms with Crippen molar-refractivity contribution in [3.63, 3.8) is 0 Å². The first kappa shape index (κ1) is 20.2. The molecule has 2 aliphatic heterocycles. The van der Waals surface area contributed by atoms with Crippen molar-refractivity contribution in [2.24, 2.45) is 10.9 Å². The number of likely N-dealkylation sites (tertiary alicyclic amines) is 1. The molecule has 1 fully saturated rings. The molecule has 2 aromatic heterocycles. The summed E-state index contributed by atoms with van der Waals surface area (Å²) in [6.45, 7) is 2.64. The number of carbonyl (C=O) groups is 1. The Hall–Kier alpha value is -2.70. The van der Waals surface area contributed by atoms with E-state index >= 15 is 0 Å². The van der Waals surface area contributed by atoms with Gasteiger partial charge in [0.25, 0.3) is 0 Å². The SMILES string of the molecule is CC1=Nc2ccnn2C(c2ccc(Cl)c(Cl)c2)C1C(=O)N1CCCC1c1ccncc1. The molecule has 3 atom stereocenters. The minimum atomic E-state index is -0.480. The van der Waals surface area contributed by atoms with Crippen molar-refractivity contribution in [1.29, 1.82) is 0 Å². The lowest BCUT2D eigenvalue weighted by Crippen LogP contribution is -2.44. The molecule has 8 heteroatoms. The van der Waals surface area contributed by atoms with Crippen LogP contribution < -0.4 is 0 Å². The maximum Gasteiger partial charge on any atom is 0.234 e. The molecule has 0 saturated carbocycles. The van der Waals surface area contributed by atoms with Gasteiger partial charge in [-0.3, -0.25) is 9.78 Å². The van der Waals surface area contributed by atoms with Gasteiger partial charge in [0.1, 0.15) is 5.92 Å². The van der Waals surface area contributed by atoms with Gasteiger partial charge in [-0.15, -0.1) is 0 Å². The molecule has 0 aliphatic carbocycles. The van der Waals surface area contributed by atoms with Crippen LogP contribution in [0, 0.1) is 5.92 Å². The summed E-state index contributed by atoms with van der Waals surface area (Å²) in [5.74, 6) is 0.301. The van der Waals surface area contributed by atoms with E-state index in [9.17, 15) is 4.79 Å². The highest BCUT2D eigenvalue weighted by atomic mass is 35.5. The van der Waals surface area contributed by atoms with Gasteiger partial charge in [-0.25, -0.2) is 9.67 Å². The highest BCUT2D eigenvalue weighted by Crippen LogP contribution is 2.41. The minimum absolute atomic E-state index is 0.0387. The third-order valence-corrected chi connectivity index (χ3v) is 6.89. The molecule has 31 heavy (non-hydrogen) atoms. The number of carbonyl (C=O) groups excluding carboxylic acids is 1. The first-order chi connectivity index (χ1) is 15.0. The molecular formula is C23H21Cl2N5O. The molecule has 4 heterocycles. The molecule has 3 unspecified atom stereocenters. The average Bonchev–Trinajstić information content (AvgIpc) is 3.44. The lowest BCUT2D eigenvalue weighted by atomic mass is 9.86. The third kappa shape index (κ3) is 3.54. The van der Waals surface area contributed by atoms with E-state index in [4.69, 9.17) is 28.2 Å². The third-order valence-electron chi connectivity index (χ3n) is 6.15. The number of benzene rings is 1. The number of aromatic nitrogens is 3. The Kier molecular flexibility index (Phi) is 5.28. The van der Waals surface area contributed by atoms with Crippen molar-refractivity contribution in [3.8, 4) is 0 Å². The second-order valence-electron chi connectivity index (χ2n) is 7.95. The predicted molar refractivity (Wildman–Crippen MR) is 121 cm³/mol. The van der Waals surface area contributed by atoms with Crippen LogP contribution in [0.3, 0.4) is 0 Å². The summed E-state index contributed by atoms with van der Waals surface area (Å²) >= 11 is 12.5. The van der Waals surface area contributed by atoms with Crippen molar-refractivity contribution in [1.82, 2.24) is 19.7 Å². The Morgan fingerprint density at radius 2 is 1.84 bits per heavy atom. The lowest BCUT2D eigenvalue weighted by molar-refractivity contribution is -0.135. The van der Waals surface area contributed by atoms with Crippen LogP contribution in [0.5, 0.6) is 0 Å². The van der Waals surface area contributed by atoms with Crippen molar-refractivity contribution in [2.45, 2.75) is 31.8 Å². The molecule has 158 valence electrons. The van der Waals surface area contributed by atoms with Gasteiger partial charge in [0, 0.05) is 30.7 Å². The zero-order valence-electron chi connectivity index (χ0n) is 16.9. The fraction of sp³-hybridized carbons (Fsp3) is 0.304. The van der Waals surface area contributed by atoms with Gasteiger partial charge >= 0.3 is 0 Å². The van der Waals surface area contributed by atoms with Crippen molar-refractivity contribution in [2.75, 3.05) is 6.54 Å². The quantitative estimate of drug-likeness (QED) is 0.543. The first-order valence-electron chi connectivity index (χ1n) is 10.3. The van der Waals surface area contributed by atoms with E-state index in [1.165, 1.54) is 0 Å². The number of aliphatic imine (C=N–C) groups is 1. The Bertz CT molecular complexity index is 1160. The van der Waals surface area contributed by atoms with Crippen molar-refractivity contribution < 1.29 is 4.79 Å². The van der Waals surface area contributed by atoms with Crippen LogP contribution in [0.4, 0.5) is 5.82 Å². The Labute approximate surface area is 190 Å². The van der Waals surface area contributed by atoms with Crippen LogP contribution in [0.1, 0.15) is 43.0 Å². The smallest absolute Gasteiger partial charge is 0.234 e. The highest BCUT2D eigenvalue weighted by molar-refractivity contribution is 6.42. The van der Waals surface area contributed by atoms with E-state index in [1.54, 1.807) is 24.7 Å². The number of halogens is 2. The number of pyridine rings is 1. The number of amides is 1. The van der Waals surface area contributed by atoms with E-state index in [0.717, 1.165) is 42.0 Å². The van der Waals surface area contributed by atoms with Crippen molar-refractivity contribution in [3.05, 3.63) is 76.2 Å². The normalized spacial score (nSPS) is 22.9. The van der Waals surface area contributed by atoms with Gasteiger partial charge in [0.2, 0.25) is 5.91 Å². The van der Waals surface area contributed by atoms with E-state index in [-0.39, 0.29) is 18.0 Å². The van der Waals surface area contributed by atoms with E-state index in [1.807, 2.05) is 46.8 Å². The molecule has 0 radical (unpaired) electrons. The van der Waals surface area contributed by atoms with Gasteiger partial charge in [-0.1, -0.05) is 29.3 Å². The number of fused-ring (bicyclic) bond motifs is 1. The maximum atomic E-state index is 14.0. The molecule has 1 amide bonds. The maximum absolute atomic E-state index is 14.0. The summed E-state index contributed by atoms with van der Waals surface area (Å²) < 4.78 is 1.81. The van der Waals surface area contributed by atoms with Crippen molar-refractivity contribution >= 4 is 40.6 Å². The van der Waals surface area contributed by atoms with Crippen LogP contribution in [-0.4, -0.2) is 37.8 Å². The average molecular weight is 454 g/mol. The van der Waals surface area contributed by atoms with E-state index in [2.05, 4.69) is 10.1 Å². The zero-order chi connectivity index (χ0) is 21.5. The summed E-state index contributed by atoms with van der Waals surface area (Å²) in [5, 5.41) is 5.42. The Balaban J connectivity index is 1.57. The van der Waals surface area contributed by atoms with E-state index < -0.39 is 5.92 Å². The largest absolute Gasteiger partial charge is 0.335 e. The number of nitrogens with zero attached hydrogens (tertiary/aromatic N) is 5. The summed E-state index contributed by atoms with van der Waals surface area (Å²) in [7, 11) is 0. The fourth-order valence-corrected chi connectivity index (χ4v) is 5.02. The molecule has 3 aromatic rings. The standard InChI is InChI=1S/C23H21Cl2N5O/c1-14-21(23(31)29-12-2-3-19(29)15-6-9-26-10-7-15)22(30-20(28-14)8-11-27-30)16-4-5-17(24)18(25)13-16/h4-11,13,19,21-22H,2-3,12H2,1H3. The van der Waals surface area contributed by atoms with Gasteiger partial charge in [-0.05, 0) is 55.2 Å². The molecule has 0 bridgehead atoms. The first-order valence-corrected chi connectivity index (χ1v) is 11.0. The summed E-state index contributed by atoms with van der Waals surface area (Å²) in [4.78, 5) is 24.8. The van der Waals surface area contributed by atoms with Gasteiger partial charge in [0.05, 0.1) is 28.3 Å². The van der Waals surface area contributed by atoms with E-state index in [0.29, 0.717) is 10.0 Å². The second-order valence-corrected chi connectivity index (χ2v) is 8.77. The van der Waals surface area contributed by atoms with Gasteiger partial charge in [0.15, 0.2) is 5.82 Å². The summed E-state index contributed by atoms with van der Waals surface area (Å²) in [5.41, 5.74) is 2.76. The van der Waals surface area contributed by atoms with Gasteiger partial charge < -0.3 is 4.90 Å². The van der Waals surface area contributed by atoms with Gasteiger partial charge in [-0.2, -0.15) is 5.10 Å². The lowest BCUT2D eigenvalue weighted by Gasteiger charge is -2.35. The zero-order valence-corrected chi connectivity index (χ0v) is 18.5. The Morgan fingerprint density at radius 3 is 2.61 bits per heavy atom. The summed E-state index contributed by atoms with van der Waals surface area (Å²) in [6, 6.07) is 11.0. The Morgan fingerprint density at radius 1 is 1.03 bits per heavy atom. The second kappa shape index (κ2) is 8.09. The number of hydrogen-bond donors (Lipinski definition) is 0. The number of hydrogen-bond acceptors (Lipinski definition) is 4. The van der Waals surface area contributed by atoms with Crippen LogP contribution in [0.2, 0.25) is 10.0 Å². The number of rotatable bonds is 3. The molecule has 0 spiro atoms. The van der Waals surface area contributed by atoms with Crippen LogP contribution in [0.25, 0.3) is 0 Å². The summed E-state index contributed by atoms with van der Waals surface area (Å²) in [6.07, 6.45) is 7.16. The monoisotopic (exact) mass is 453 g/mol. The van der Waals surface area contributed by atoms with Crippen LogP contribution in [-0.2, 0) is 4.79 Å². The topological polar surface area (TPSA) is 63.4 Å². The van der Waals surface area contributed by atoms with Crippen LogP contribution >= 0.6 is 23.2 Å². The molecule has 5 rings (SSSR count).